The molecule has 3 heteroatoms. The molecule has 1 aromatic heterocycles. The molecule has 1 aliphatic rings. The number of aromatic nitrogens is 1. The first-order valence-electron chi connectivity index (χ1n) is 4.88. The largest absolute Gasteiger partial charge is 0.298 e. The number of carbonyl (C=O) groups excluding carboxylic acids is 1. The molecule has 0 radical (unpaired) electrons. The molecule has 0 bridgehead atoms. The smallest absolute Gasteiger partial charge is 0.155 e. The average molecular weight is 254 g/mol. The van der Waals surface area contributed by atoms with Gasteiger partial charge in [0.1, 0.15) is 4.83 Å². The summed E-state index contributed by atoms with van der Waals surface area (Å²) >= 11 is 3.41. The zero-order chi connectivity index (χ0) is 9.97. The molecule has 2 rings (SSSR count). The van der Waals surface area contributed by atoms with Crippen LogP contribution in [0.3, 0.4) is 0 Å². The fourth-order valence-electron chi connectivity index (χ4n) is 1.57. The number of nitrogens with zero attached hydrogens (tertiary/aromatic N) is 1. The van der Waals surface area contributed by atoms with E-state index in [9.17, 15) is 4.79 Å². The third-order valence-electron chi connectivity index (χ3n) is 2.70. The minimum Gasteiger partial charge on any atom is -0.298 e. The maximum absolute atomic E-state index is 11.8. The molecule has 1 aromatic rings. The lowest BCUT2D eigenvalue weighted by atomic mass is 9.81. The van der Waals surface area contributed by atoms with Crippen molar-refractivity contribution in [2.75, 3.05) is 0 Å². The number of carbonyl (C=O) groups is 1. The van der Waals surface area contributed by atoms with Crippen LogP contribution in [0.1, 0.15) is 29.8 Å². The van der Waals surface area contributed by atoms with Crippen LogP contribution in [0.5, 0.6) is 0 Å². The van der Waals surface area contributed by atoms with E-state index in [0.29, 0.717) is 0 Å². The van der Waals surface area contributed by atoms with Crippen molar-refractivity contribution in [2.45, 2.75) is 24.1 Å². The first kappa shape index (κ1) is 9.84. The van der Waals surface area contributed by atoms with E-state index in [1.54, 1.807) is 6.20 Å². The Kier molecular flexibility index (Phi) is 2.96. The molecule has 0 aliphatic heterocycles. The van der Waals surface area contributed by atoms with Crippen LogP contribution in [0.15, 0.2) is 24.4 Å². The lowest BCUT2D eigenvalue weighted by molar-refractivity contribution is -0.124. The topological polar surface area (TPSA) is 30.0 Å². The maximum Gasteiger partial charge on any atom is 0.155 e. The number of ketones is 1. The Hall–Kier alpha value is -0.700. The van der Waals surface area contributed by atoms with Crippen LogP contribution in [-0.4, -0.2) is 10.8 Å². The van der Waals surface area contributed by atoms with Crippen molar-refractivity contribution < 1.29 is 4.79 Å². The van der Waals surface area contributed by atoms with E-state index in [-0.39, 0.29) is 16.5 Å². The summed E-state index contributed by atoms with van der Waals surface area (Å²) in [5.41, 5.74) is 0.824. The fraction of sp³-hybridized carbons (Fsp3) is 0.455. The van der Waals surface area contributed by atoms with Crippen molar-refractivity contribution >= 4 is 21.7 Å². The quantitative estimate of drug-likeness (QED) is 0.776. The second kappa shape index (κ2) is 4.22. The SMILES string of the molecule is O=C(C1CCC1)C(Br)c1ccccn1. The van der Waals surface area contributed by atoms with Crippen LogP contribution in [0.25, 0.3) is 0 Å². The molecule has 0 aromatic carbocycles. The van der Waals surface area contributed by atoms with Gasteiger partial charge in [-0.1, -0.05) is 28.4 Å². The number of rotatable bonds is 3. The van der Waals surface area contributed by atoms with E-state index in [0.717, 1.165) is 18.5 Å². The summed E-state index contributed by atoms with van der Waals surface area (Å²) in [4.78, 5) is 15.8. The molecule has 14 heavy (non-hydrogen) atoms. The number of hydrogen-bond acceptors (Lipinski definition) is 2. The molecule has 1 heterocycles. The molecular weight excluding hydrogens is 242 g/mol. The highest BCUT2D eigenvalue weighted by Crippen LogP contribution is 2.34. The van der Waals surface area contributed by atoms with Gasteiger partial charge in [-0.15, -0.1) is 0 Å². The van der Waals surface area contributed by atoms with Gasteiger partial charge in [-0.3, -0.25) is 9.78 Å². The first-order chi connectivity index (χ1) is 6.79. The predicted molar refractivity (Wildman–Crippen MR) is 58.3 cm³/mol. The van der Waals surface area contributed by atoms with Crippen LogP contribution < -0.4 is 0 Å². The van der Waals surface area contributed by atoms with Crippen molar-refractivity contribution in [1.29, 1.82) is 0 Å². The van der Waals surface area contributed by atoms with Crippen molar-refractivity contribution in [3.05, 3.63) is 30.1 Å². The minimum absolute atomic E-state index is 0.214. The maximum atomic E-state index is 11.8. The molecule has 1 atom stereocenters. The monoisotopic (exact) mass is 253 g/mol. The molecule has 1 saturated carbocycles. The Labute approximate surface area is 91.9 Å². The predicted octanol–water partition coefficient (Wildman–Crippen LogP) is 2.89. The van der Waals surface area contributed by atoms with Crippen molar-refractivity contribution in [3.63, 3.8) is 0 Å². The zero-order valence-corrected chi connectivity index (χ0v) is 9.40. The van der Waals surface area contributed by atoms with E-state index in [4.69, 9.17) is 0 Å². The van der Waals surface area contributed by atoms with Crippen molar-refractivity contribution in [1.82, 2.24) is 4.98 Å². The van der Waals surface area contributed by atoms with Gasteiger partial charge in [0, 0.05) is 12.1 Å². The Bertz CT molecular complexity index is 321. The first-order valence-corrected chi connectivity index (χ1v) is 5.79. The van der Waals surface area contributed by atoms with Gasteiger partial charge in [0.05, 0.1) is 5.69 Å². The van der Waals surface area contributed by atoms with Gasteiger partial charge in [0.15, 0.2) is 5.78 Å². The van der Waals surface area contributed by atoms with Crippen LogP contribution >= 0.6 is 15.9 Å². The summed E-state index contributed by atoms with van der Waals surface area (Å²) in [5.74, 6) is 0.552. The number of halogens is 1. The van der Waals surface area contributed by atoms with E-state index >= 15 is 0 Å². The highest BCUT2D eigenvalue weighted by atomic mass is 79.9. The molecular formula is C11H12BrNO. The van der Waals surface area contributed by atoms with Crippen molar-refractivity contribution in [3.8, 4) is 0 Å². The molecule has 1 fully saturated rings. The second-order valence-electron chi connectivity index (χ2n) is 3.65. The Morgan fingerprint density at radius 1 is 1.50 bits per heavy atom. The molecule has 1 unspecified atom stereocenters. The van der Waals surface area contributed by atoms with Gasteiger partial charge in [-0.25, -0.2) is 0 Å². The van der Waals surface area contributed by atoms with E-state index in [1.807, 2.05) is 18.2 Å². The molecule has 1 aliphatic carbocycles. The molecule has 0 N–H and O–H groups in total. The number of Topliss-reactive ketones (excluding diaryl/α,β-unsaturated/α-hetero) is 1. The summed E-state index contributed by atoms with van der Waals surface area (Å²) in [5, 5.41) is 0. The highest BCUT2D eigenvalue weighted by Gasteiger charge is 2.30. The fourth-order valence-corrected chi connectivity index (χ4v) is 2.22. The zero-order valence-electron chi connectivity index (χ0n) is 7.82. The number of pyridine rings is 1. The number of alkyl halides is 1. The highest BCUT2D eigenvalue weighted by molar-refractivity contribution is 9.09. The standard InChI is InChI=1S/C11H12BrNO/c12-10(9-6-1-2-7-13-9)11(14)8-4-3-5-8/h1-2,6-8,10H,3-5H2. The van der Waals surface area contributed by atoms with Gasteiger partial charge in [0.25, 0.3) is 0 Å². The van der Waals surface area contributed by atoms with Gasteiger partial charge < -0.3 is 0 Å². The van der Waals surface area contributed by atoms with Gasteiger partial charge in [-0.05, 0) is 25.0 Å². The van der Waals surface area contributed by atoms with Crippen LogP contribution in [0, 0.1) is 5.92 Å². The average Bonchev–Trinajstić information content (AvgIpc) is 2.15. The summed E-state index contributed by atoms with van der Waals surface area (Å²) in [7, 11) is 0. The van der Waals surface area contributed by atoms with Gasteiger partial charge >= 0.3 is 0 Å². The lowest BCUT2D eigenvalue weighted by Gasteiger charge is -2.25. The minimum atomic E-state index is -0.214. The van der Waals surface area contributed by atoms with Crippen molar-refractivity contribution in [2.24, 2.45) is 5.92 Å². The molecule has 0 saturated heterocycles. The van der Waals surface area contributed by atoms with E-state index < -0.39 is 0 Å². The lowest BCUT2D eigenvalue weighted by Crippen LogP contribution is -2.25. The van der Waals surface area contributed by atoms with E-state index in [2.05, 4.69) is 20.9 Å². The van der Waals surface area contributed by atoms with Gasteiger partial charge in [0.2, 0.25) is 0 Å². The summed E-state index contributed by atoms with van der Waals surface area (Å²) in [6, 6.07) is 5.65. The Morgan fingerprint density at radius 3 is 2.79 bits per heavy atom. The summed E-state index contributed by atoms with van der Waals surface area (Å²) in [6.07, 6.45) is 5.01. The summed E-state index contributed by atoms with van der Waals surface area (Å²) < 4.78 is 0. The molecule has 0 amide bonds. The normalized spacial score (nSPS) is 18.6. The van der Waals surface area contributed by atoms with Crippen LogP contribution in [-0.2, 0) is 4.79 Å². The second-order valence-corrected chi connectivity index (χ2v) is 4.56. The van der Waals surface area contributed by atoms with Crippen LogP contribution in [0.4, 0.5) is 0 Å². The number of hydrogen-bond donors (Lipinski definition) is 0. The third kappa shape index (κ3) is 1.87. The Morgan fingerprint density at radius 2 is 2.29 bits per heavy atom. The van der Waals surface area contributed by atoms with Crippen LogP contribution in [0.2, 0.25) is 0 Å². The van der Waals surface area contributed by atoms with Gasteiger partial charge in [-0.2, -0.15) is 0 Å². The molecule has 2 nitrogen and oxygen atoms in total. The molecule has 0 spiro atoms. The Balaban J connectivity index is 2.07. The third-order valence-corrected chi connectivity index (χ3v) is 3.63. The van der Waals surface area contributed by atoms with E-state index in [1.165, 1.54) is 6.42 Å². The summed E-state index contributed by atoms with van der Waals surface area (Å²) in [6.45, 7) is 0. The molecule has 74 valence electrons.